The highest BCUT2D eigenvalue weighted by atomic mass is 16.5. The van der Waals surface area contributed by atoms with Crippen LogP contribution in [-0.2, 0) is 18.2 Å². The zero-order valence-corrected chi connectivity index (χ0v) is 9.22. The topological polar surface area (TPSA) is 30.3 Å². The first-order valence-corrected chi connectivity index (χ1v) is 5.37. The van der Waals surface area contributed by atoms with E-state index in [9.17, 15) is 0 Å². The predicted molar refractivity (Wildman–Crippen MR) is 58.4 cm³/mol. The fraction of sp³-hybridized carbons (Fsp3) is 0.636. The van der Waals surface area contributed by atoms with E-state index < -0.39 is 0 Å². The minimum atomic E-state index is 0.309. The lowest BCUT2D eigenvalue weighted by Gasteiger charge is -2.31. The van der Waals surface area contributed by atoms with Gasteiger partial charge in [0.25, 0.3) is 0 Å². The second-order valence-electron chi connectivity index (χ2n) is 4.04. The zero-order chi connectivity index (χ0) is 10.7. The average molecular weight is 208 g/mol. The smallest absolute Gasteiger partial charge is 0.0946 e. The van der Waals surface area contributed by atoms with Gasteiger partial charge in [0.2, 0.25) is 0 Å². The summed E-state index contributed by atoms with van der Waals surface area (Å²) < 4.78 is 7.29. The third kappa shape index (κ3) is 2.79. The second kappa shape index (κ2) is 4.77. The molecule has 1 aliphatic heterocycles. The van der Waals surface area contributed by atoms with E-state index in [1.54, 1.807) is 0 Å². The summed E-state index contributed by atoms with van der Waals surface area (Å²) in [4.78, 5) is 6.67. The molecule has 0 saturated carbocycles. The molecular formula is C11H18N3O. The Bertz CT molecular complexity index is 305. The van der Waals surface area contributed by atoms with Gasteiger partial charge >= 0.3 is 0 Å². The molecule has 0 bridgehead atoms. The highest BCUT2D eigenvalue weighted by molar-refractivity contribution is 5.00. The Hall–Kier alpha value is -0.870. The van der Waals surface area contributed by atoms with Gasteiger partial charge in [-0.05, 0) is 6.92 Å². The number of rotatable bonds is 3. The summed E-state index contributed by atoms with van der Waals surface area (Å²) in [7, 11) is 1.99. The molecule has 1 aliphatic rings. The minimum Gasteiger partial charge on any atom is -0.379 e. The zero-order valence-electron chi connectivity index (χ0n) is 9.22. The summed E-state index contributed by atoms with van der Waals surface area (Å²) in [6.45, 7) is 7.82. The molecular weight excluding hydrogens is 190 g/mol. The van der Waals surface area contributed by atoms with Crippen LogP contribution in [0.2, 0.25) is 0 Å². The van der Waals surface area contributed by atoms with Gasteiger partial charge in [0.15, 0.2) is 0 Å². The van der Waals surface area contributed by atoms with Crippen molar-refractivity contribution in [1.82, 2.24) is 14.5 Å². The standard InChI is InChI=1S/C11H18N3O/c1-10(14-3-5-15-6-4-14)7-11-8-13(2)9-12-11/h8-10H,1,3-7H2,2H3. The predicted octanol–water partition coefficient (Wildman–Crippen LogP) is 0.497. The van der Waals surface area contributed by atoms with Crippen molar-refractivity contribution in [3.63, 3.8) is 0 Å². The normalized spacial score (nSPS) is 20.4. The highest BCUT2D eigenvalue weighted by Gasteiger charge is 2.17. The van der Waals surface area contributed by atoms with Crippen molar-refractivity contribution in [1.29, 1.82) is 0 Å². The fourth-order valence-corrected chi connectivity index (χ4v) is 1.89. The maximum atomic E-state index is 5.32. The average Bonchev–Trinajstić information content (AvgIpc) is 2.65. The first-order valence-electron chi connectivity index (χ1n) is 5.37. The van der Waals surface area contributed by atoms with Gasteiger partial charge in [0.05, 0.1) is 25.2 Å². The SMILES string of the molecule is [CH2]C(Cc1cn(C)cn1)N1CCOCC1. The number of nitrogens with zero attached hydrogens (tertiary/aromatic N) is 3. The molecule has 83 valence electrons. The Balaban J connectivity index is 1.88. The van der Waals surface area contributed by atoms with Gasteiger partial charge in [-0.1, -0.05) is 0 Å². The van der Waals surface area contributed by atoms with Crippen LogP contribution in [-0.4, -0.2) is 46.8 Å². The van der Waals surface area contributed by atoms with Gasteiger partial charge in [0, 0.05) is 38.8 Å². The molecule has 2 heterocycles. The van der Waals surface area contributed by atoms with Gasteiger partial charge in [-0.15, -0.1) is 0 Å². The molecule has 1 atom stereocenters. The van der Waals surface area contributed by atoms with E-state index in [0.717, 1.165) is 38.4 Å². The number of morpholine rings is 1. The quantitative estimate of drug-likeness (QED) is 0.724. The molecule has 0 amide bonds. The molecule has 1 saturated heterocycles. The van der Waals surface area contributed by atoms with E-state index >= 15 is 0 Å². The maximum Gasteiger partial charge on any atom is 0.0946 e. The molecule has 4 nitrogen and oxygen atoms in total. The molecule has 0 spiro atoms. The molecule has 1 fully saturated rings. The summed E-state index contributed by atoms with van der Waals surface area (Å²) >= 11 is 0. The molecule has 0 aromatic carbocycles. The number of imidazole rings is 1. The van der Waals surface area contributed by atoms with Crippen molar-refractivity contribution in [2.24, 2.45) is 7.05 Å². The summed E-state index contributed by atoms with van der Waals surface area (Å²) in [5.74, 6) is 0. The fourth-order valence-electron chi connectivity index (χ4n) is 1.89. The largest absolute Gasteiger partial charge is 0.379 e. The van der Waals surface area contributed by atoms with Crippen molar-refractivity contribution >= 4 is 0 Å². The highest BCUT2D eigenvalue weighted by Crippen LogP contribution is 2.08. The lowest BCUT2D eigenvalue weighted by atomic mass is 10.1. The van der Waals surface area contributed by atoms with Gasteiger partial charge in [-0.2, -0.15) is 0 Å². The van der Waals surface area contributed by atoms with E-state index in [0.29, 0.717) is 6.04 Å². The Labute approximate surface area is 90.9 Å². The first-order chi connectivity index (χ1) is 7.25. The summed E-state index contributed by atoms with van der Waals surface area (Å²) in [5, 5.41) is 0. The van der Waals surface area contributed by atoms with Crippen LogP contribution >= 0.6 is 0 Å². The summed E-state index contributed by atoms with van der Waals surface area (Å²) in [6.07, 6.45) is 4.81. The minimum absolute atomic E-state index is 0.309. The van der Waals surface area contributed by atoms with Gasteiger partial charge in [0.1, 0.15) is 0 Å². The van der Waals surface area contributed by atoms with E-state index in [1.165, 1.54) is 0 Å². The number of ether oxygens (including phenoxy) is 1. The number of aryl methyl sites for hydroxylation is 1. The molecule has 0 aliphatic carbocycles. The van der Waals surface area contributed by atoms with Crippen molar-refractivity contribution in [3.8, 4) is 0 Å². The second-order valence-corrected chi connectivity index (χ2v) is 4.04. The Kier molecular flexibility index (Phi) is 3.38. The maximum absolute atomic E-state index is 5.32. The van der Waals surface area contributed by atoms with E-state index in [4.69, 9.17) is 4.74 Å². The molecule has 1 aromatic heterocycles. The Morgan fingerprint density at radius 2 is 2.27 bits per heavy atom. The van der Waals surface area contributed by atoms with Gasteiger partial charge < -0.3 is 9.30 Å². The number of hydrogen-bond acceptors (Lipinski definition) is 3. The summed E-state index contributed by atoms with van der Waals surface area (Å²) in [5.41, 5.74) is 1.11. The molecule has 15 heavy (non-hydrogen) atoms. The monoisotopic (exact) mass is 208 g/mol. The van der Waals surface area contributed by atoms with Crippen LogP contribution in [0.5, 0.6) is 0 Å². The van der Waals surface area contributed by atoms with Crippen LogP contribution in [0.4, 0.5) is 0 Å². The van der Waals surface area contributed by atoms with Crippen LogP contribution in [0.25, 0.3) is 0 Å². The van der Waals surface area contributed by atoms with Gasteiger partial charge in [-0.25, -0.2) is 4.98 Å². The van der Waals surface area contributed by atoms with Crippen molar-refractivity contribution in [2.45, 2.75) is 12.5 Å². The number of hydrogen-bond donors (Lipinski definition) is 0. The van der Waals surface area contributed by atoms with Gasteiger partial charge in [-0.3, -0.25) is 4.90 Å². The molecule has 0 N–H and O–H groups in total. The third-order valence-electron chi connectivity index (χ3n) is 2.77. The molecule has 2 rings (SSSR count). The first kappa shape index (κ1) is 10.6. The molecule has 1 aromatic rings. The van der Waals surface area contributed by atoms with Crippen LogP contribution in [0.3, 0.4) is 0 Å². The van der Waals surface area contributed by atoms with Crippen LogP contribution < -0.4 is 0 Å². The lowest BCUT2D eigenvalue weighted by Crippen LogP contribution is -2.43. The van der Waals surface area contributed by atoms with Crippen molar-refractivity contribution < 1.29 is 4.74 Å². The van der Waals surface area contributed by atoms with E-state index in [1.807, 2.05) is 17.9 Å². The molecule has 1 unspecified atom stereocenters. The molecule has 1 radical (unpaired) electrons. The number of aromatic nitrogens is 2. The van der Waals surface area contributed by atoms with Crippen LogP contribution in [0, 0.1) is 6.92 Å². The van der Waals surface area contributed by atoms with Crippen molar-refractivity contribution in [3.05, 3.63) is 25.1 Å². The third-order valence-corrected chi connectivity index (χ3v) is 2.77. The summed E-state index contributed by atoms with van der Waals surface area (Å²) in [6, 6.07) is 0.309. The van der Waals surface area contributed by atoms with E-state index in [2.05, 4.69) is 23.0 Å². The van der Waals surface area contributed by atoms with Crippen LogP contribution in [0.1, 0.15) is 5.69 Å². The van der Waals surface area contributed by atoms with E-state index in [-0.39, 0.29) is 0 Å². The molecule has 4 heteroatoms. The van der Waals surface area contributed by atoms with Crippen LogP contribution in [0.15, 0.2) is 12.5 Å². The lowest BCUT2D eigenvalue weighted by molar-refractivity contribution is 0.0250. The Morgan fingerprint density at radius 1 is 1.53 bits per heavy atom. The van der Waals surface area contributed by atoms with Crippen molar-refractivity contribution in [2.75, 3.05) is 26.3 Å². The Morgan fingerprint density at radius 3 is 2.87 bits per heavy atom.